The highest BCUT2D eigenvalue weighted by atomic mass is 16.2. The van der Waals surface area contributed by atoms with E-state index in [2.05, 4.69) is 0 Å². The van der Waals surface area contributed by atoms with Crippen LogP contribution in [-0.2, 0) is 20.8 Å². The number of hydrogen-bond donors (Lipinski definition) is 0. The topological polar surface area (TPSA) is 57.7 Å². The van der Waals surface area contributed by atoms with Gasteiger partial charge in [-0.3, -0.25) is 19.3 Å². The van der Waals surface area contributed by atoms with Gasteiger partial charge in [0.25, 0.3) is 0 Å². The second-order valence-electron chi connectivity index (χ2n) is 6.75. The summed E-state index contributed by atoms with van der Waals surface area (Å²) in [6, 6.07) is 7.05. The van der Waals surface area contributed by atoms with Crippen LogP contribution in [0.15, 0.2) is 36.4 Å². The van der Waals surface area contributed by atoms with Crippen molar-refractivity contribution in [2.45, 2.75) is 32.2 Å². The maximum Gasteiger partial charge on any atom is 0.250 e. The van der Waals surface area contributed by atoms with Crippen LogP contribution in [0.5, 0.6) is 0 Å². The van der Waals surface area contributed by atoms with E-state index in [0.717, 1.165) is 17.7 Å². The highest BCUT2D eigenvalue weighted by Crippen LogP contribution is 2.37. The molecule has 0 bridgehead atoms. The number of para-hydroxylation sites is 1. The Hall–Kier alpha value is -2.43. The summed E-state index contributed by atoms with van der Waals surface area (Å²) in [5.41, 5.74) is 2.03. The first-order chi connectivity index (χ1) is 11.6. The van der Waals surface area contributed by atoms with Gasteiger partial charge in [0, 0.05) is 12.2 Å². The molecule has 2 heterocycles. The zero-order chi connectivity index (χ0) is 16.8. The third kappa shape index (κ3) is 2.11. The van der Waals surface area contributed by atoms with E-state index in [9.17, 15) is 14.4 Å². The van der Waals surface area contributed by atoms with Gasteiger partial charge in [0.1, 0.15) is 6.04 Å². The SMILES string of the molecule is CC(C(=O)N1CCc2ccccc21)N1C(=O)C2CC=CCC2C1=O. The zero-order valence-electron chi connectivity index (χ0n) is 13.6. The Kier molecular flexibility index (Phi) is 3.52. The molecule has 1 fully saturated rings. The minimum atomic E-state index is -0.748. The molecule has 4 rings (SSSR count). The highest BCUT2D eigenvalue weighted by Gasteiger charge is 2.50. The van der Waals surface area contributed by atoms with Crippen LogP contribution in [0.1, 0.15) is 25.3 Å². The van der Waals surface area contributed by atoms with Crippen molar-refractivity contribution in [1.29, 1.82) is 0 Å². The predicted molar refractivity (Wildman–Crippen MR) is 89.2 cm³/mol. The third-order valence-electron chi connectivity index (χ3n) is 5.44. The molecule has 2 aliphatic heterocycles. The average Bonchev–Trinajstić information content (AvgIpc) is 3.14. The Labute approximate surface area is 140 Å². The number of rotatable bonds is 2. The fourth-order valence-corrected chi connectivity index (χ4v) is 4.11. The summed E-state index contributed by atoms with van der Waals surface area (Å²) in [5, 5.41) is 0. The molecule has 0 N–H and O–H groups in total. The summed E-state index contributed by atoms with van der Waals surface area (Å²) in [7, 11) is 0. The Morgan fingerprint density at radius 3 is 2.38 bits per heavy atom. The van der Waals surface area contributed by atoms with Crippen LogP contribution in [0.3, 0.4) is 0 Å². The van der Waals surface area contributed by atoms with Crippen molar-refractivity contribution in [2.24, 2.45) is 11.8 Å². The number of allylic oxidation sites excluding steroid dienone is 2. The first kappa shape index (κ1) is 15.1. The average molecular weight is 324 g/mol. The largest absolute Gasteiger partial charge is 0.310 e. The molecular weight excluding hydrogens is 304 g/mol. The summed E-state index contributed by atoms with van der Waals surface area (Å²) >= 11 is 0. The summed E-state index contributed by atoms with van der Waals surface area (Å²) in [5.74, 6) is -1.13. The Bertz CT molecular complexity index is 729. The number of anilines is 1. The van der Waals surface area contributed by atoms with Crippen molar-refractivity contribution < 1.29 is 14.4 Å². The Morgan fingerprint density at radius 1 is 1.08 bits per heavy atom. The molecule has 5 nitrogen and oxygen atoms in total. The molecule has 3 aliphatic rings. The van der Waals surface area contributed by atoms with E-state index in [-0.39, 0.29) is 29.6 Å². The maximum absolute atomic E-state index is 13.0. The van der Waals surface area contributed by atoms with Crippen LogP contribution < -0.4 is 4.90 Å². The molecule has 24 heavy (non-hydrogen) atoms. The number of benzene rings is 1. The maximum atomic E-state index is 13.0. The molecule has 124 valence electrons. The molecule has 3 atom stereocenters. The second-order valence-corrected chi connectivity index (χ2v) is 6.75. The standard InChI is InChI=1S/C19H20N2O3/c1-12(17(22)20-11-10-13-6-2-5-9-16(13)20)21-18(23)14-7-3-4-8-15(14)19(21)24/h2-6,9,12,14-15H,7-8,10-11H2,1H3. The summed E-state index contributed by atoms with van der Waals surface area (Å²) in [6.07, 6.45) is 5.92. The van der Waals surface area contributed by atoms with Crippen molar-refractivity contribution in [2.75, 3.05) is 11.4 Å². The predicted octanol–water partition coefficient (Wildman–Crippen LogP) is 1.92. The van der Waals surface area contributed by atoms with Gasteiger partial charge in [-0.2, -0.15) is 0 Å². The van der Waals surface area contributed by atoms with E-state index < -0.39 is 6.04 Å². The van der Waals surface area contributed by atoms with Crippen molar-refractivity contribution in [1.82, 2.24) is 4.90 Å². The van der Waals surface area contributed by atoms with E-state index >= 15 is 0 Å². The minimum absolute atomic E-state index is 0.173. The monoisotopic (exact) mass is 324 g/mol. The van der Waals surface area contributed by atoms with E-state index in [1.165, 1.54) is 4.90 Å². The van der Waals surface area contributed by atoms with Crippen LogP contribution in [0.2, 0.25) is 0 Å². The summed E-state index contributed by atoms with van der Waals surface area (Å²) < 4.78 is 0. The molecule has 3 amide bonds. The molecule has 5 heteroatoms. The second kappa shape index (κ2) is 5.58. The van der Waals surface area contributed by atoms with Gasteiger partial charge in [0.2, 0.25) is 17.7 Å². The van der Waals surface area contributed by atoms with Crippen LogP contribution in [0.25, 0.3) is 0 Å². The Morgan fingerprint density at radius 2 is 1.71 bits per heavy atom. The lowest BCUT2D eigenvalue weighted by Gasteiger charge is -2.27. The molecule has 1 saturated heterocycles. The fraction of sp³-hybridized carbons (Fsp3) is 0.421. The Balaban J connectivity index is 1.58. The molecular formula is C19H20N2O3. The van der Waals surface area contributed by atoms with Gasteiger partial charge in [-0.05, 0) is 37.8 Å². The van der Waals surface area contributed by atoms with Gasteiger partial charge in [-0.1, -0.05) is 30.4 Å². The lowest BCUT2D eigenvalue weighted by atomic mass is 9.85. The van der Waals surface area contributed by atoms with E-state index in [1.807, 2.05) is 36.4 Å². The third-order valence-corrected chi connectivity index (χ3v) is 5.44. The number of nitrogens with zero attached hydrogens (tertiary/aromatic N) is 2. The first-order valence-corrected chi connectivity index (χ1v) is 8.51. The van der Waals surface area contributed by atoms with Gasteiger partial charge in [-0.15, -0.1) is 0 Å². The molecule has 1 aliphatic carbocycles. The highest BCUT2D eigenvalue weighted by molar-refractivity contribution is 6.10. The quantitative estimate of drug-likeness (QED) is 0.617. The summed E-state index contributed by atoms with van der Waals surface area (Å²) in [6.45, 7) is 2.27. The summed E-state index contributed by atoms with van der Waals surface area (Å²) in [4.78, 5) is 41.2. The van der Waals surface area contributed by atoms with E-state index in [0.29, 0.717) is 19.4 Å². The zero-order valence-corrected chi connectivity index (χ0v) is 13.6. The van der Waals surface area contributed by atoms with Crippen LogP contribution >= 0.6 is 0 Å². The molecule has 0 radical (unpaired) electrons. The van der Waals surface area contributed by atoms with Gasteiger partial charge < -0.3 is 4.90 Å². The van der Waals surface area contributed by atoms with Crippen molar-refractivity contribution >= 4 is 23.4 Å². The first-order valence-electron chi connectivity index (χ1n) is 8.51. The number of imide groups is 1. The normalized spacial score (nSPS) is 26.5. The fourth-order valence-electron chi connectivity index (χ4n) is 4.11. The van der Waals surface area contributed by atoms with Gasteiger partial charge in [0.05, 0.1) is 11.8 Å². The van der Waals surface area contributed by atoms with Crippen molar-refractivity contribution in [3.63, 3.8) is 0 Å². The van der Waals surface area contributed by atoms with Crippen LogP contribution in [0.4, 0.5) is 5.69 Å². The molecule has 1 aromatic carbocycles. The lowest BCUT2D eigenvalue weighted by Crippen LogP contribution is -2.49. The lowest BCUT2D eigenvalue weighted by molar-refractivity contribution is -0.146. The number of fused-ring (bicyclic) bond motifs is 2. The van der Waals surface area contributed by atoms with Crippen LogP contribution in [-0.4, -0.2) is 35.2 Å². The van der Waals surface area contributed by atoms with E-state index in [4.69, 9.17) is 0 Å². The molecule has 0 spiro atoms. The number of amides is 3. The molecule has 0 saturated carbocycles. The van der Waals surface area contributed by atoms with Gasteiger partial charge in [-0.25, -0.2) is 0 Å². The minimum Gasteiger partial charge on any atom is -0.310 e. The smallest absolute Gasteiger partial charge is 0.250 e. The van der Waals surface area contributed by atoms with Gasteiger partial charge >= 0.3 is 0 Å². The number of likely N-dealkylation sites (tertiary alicyclic amines) is 1. The van der Waals surface area contributed by atoms with Gasteiger partial charge in [0.15, 0.2) is 0 Å². The molecule has 1 aromatic rings. The molecule has 0 aromatic heterocycles. The number of carbonyl (C=O) groups excluding carboxylic acids is 3. The molecule has 3 unspecified atom stereocenters. The van der Waals surface area contributed by atoms with Crippen LogP contribution in [0, 0.1) is 11.8 Å². The van der Waals surface area contributed by atoms with Crippen molar-refractivity contribution in [3.8, 4) is 0 Å². The number of carbonyl (C=O) groups is 3. The number of hydrogen-bond acceptors (Lipinski definition) is 3. The van der Waals surface area contributed by atoms with Crippen molar-refractivity contribution in [3.05, 3.63) is 42.0 Å². The van der Waals surface area contributed by atoms with E-state index in [1.54, 1.807) is 11.8 Å².